The summed E-state index contributed by atoms with van der Waals surface area (Å²) in [6, 6.07) is 3.48. The van der Waals surface area contributed by atoms with Crippen molar-refractivity contribution < 1.29 is 13.5 Å². The van der Waals surface area contributed by atoms with Gasteiger partial charge in [-0.3, -0.25) is 0 Å². The minimum atomic E-state index is -0.559. The molecule has 0 saturated heterocycles. The maximum absolute atomic E-state index is 13.3. The van der Waals surface area contributed by atoms with E-state index in [1.807, 2.05) is 6.92 Å². The Labute approximate surface area is 101 Å². The van der Waals surface area contributed by atoms with Crippen LogP contribution in [0.4, 0.5) is 8.78 Å². The smallest absolute Gasteiger partial charge is 0.129 e. The van der Waals surface area contributed by atoms with Crippen molar-refractivity contribution in [1.29, 1.82) is 0 Å². The summed E-state index contributed by atoms with van der Waals surface area (Å²) in [5.41, 5.74) is 6.35. The molecule has 0 amide bonds. The van der Waals surface area contributed by atoms with E-state index in [4.69, 9.17) is 10.5 Å². The average molecular weight is 243 g/mol. The Morgan fingerprint density at radius 1 is 1.35 bits per heavy atom. The maximum atomic E-state index is 13.3. The SMILES string of the molecule is CCOCCCC(N)Cc1ccc(F)cc1F. The predicted molar refractivity (Wildman–Crippen MR) is 63.8 cm³/mol. The Bertz CT molecular complexity index is 344. The number of halogens is 2. The fourth-order valence-electron chi connectivity index (χ4n) is 1.66. The van der Waals surface area contributed by atoms with Crippen LogP contribution in [0.25, 0.3) is 0 Å². The van der Waals surface area contributed by atoms with Crippen molar-refractivity contribution in [3.05, 3.63) is 35.4 Å². The first-order chi connectivity index (χ1) is 8.13. The molecule has 0 saturated carbocycles. The molecule has 0 aliphatic heterocycles. The zero-order valence-corrected chi connectivity index (χ0v) is 10.1. The van der Waals surface area contributed by atoms with Gasteiger partial charge < -0.3 is 10.5 Å². The number of hydrogen-bond acceptors (Lipinski definition) is 2. The highest BCUT2D eigenvalue weighted by Crippen LogP contribution is 2.12. The van der Waals surface area contributed by atoms with Crippen LogP contribution in [0.5, 0.6) is 0 Å². The van der Waals surface area contributed by atoms with Gasteiger partial charge in [0, 0.05) is 25.3 Å². The number of benzene rings is 1. The standard InChI is InChI=1S/C13H19F2NO/c1-2-17-7-3-4-12(16)8-10-5-6-11(14)9-13(10)15/h5-6,9,12H,2-4,7-8,16H2,1H3. The molecule has 1 atom stereocenters. The summed E-state index contributed by atoms with van der Waals surface area (Å²) in [6.45, 7) is 3.31. The molecule has 0 fully saturated rings. The molecule has 4 heteroatoms. The van der Waals surface area contributed by atoms with Crippen molar-refractivity contribution in [3.8, 4) is 0 Å². The predicted octanol–water partition coefficient (Wildman–Crippen LogP) is 2.65. The van der Waals surface area contributed by atoms with Gasteiger partial charge in [0.05, 0.1) is 0 Å². The topological polar surface area (TPSA) is 35.2 Å². The molecular weight excluding hydrogens is 224 g/mol. The maximum Gasteiger partial charge on any atom is 0.129 e. The van der Waals surface area contributed by atoms with Crippen molar-refractivity contribution in [2.75, 3.05) is 13.2 Å². The highest BCUT2D eigenvalue weighted by Gasteiger charge is 2.09. The highest BCUT2D eigenvalue weighted by molar-refractivity contribution is 5.19. The molecule has 2 nitrogen and oxygen atoms in total. The van der Waals surface area contributed by atoms with E-state index in [2.05, 4.69) is 0 Å². The molecule has 2 N–H and O–H groups in total. The number of nitrogens with two attached hydrogens (primary N) is 1. The van der Waals surface area contributed by atoms with Gasteiger partial charge in [-0.15, -0.1) is 0 Å². The third kappa shape index (κ3) is 5.24. The summed E-state index contributed by atoms with van der Waals surface area (Å²) < 4.78 is 31.2. The Kier molecular flexibility index (Phi) is 6.08. The molecule has 1 aromatic rings. The highest BCUT2D eigenvalue weighted by atomic mass is 19.1. The molecule has 0 aromatic heterocycles. The summed E-state index contributed by atoms with van der Waals surface area (Å²) in [4.78, 5) is 0. The molecular formula is C13H19F2NO. The zero-order chi connectivity index (χ0) is 12.7. The van der Waals surface area contributed by atoms with E-state index >= 15 is 0 Å². The van der Waals surface area contributed by atoms with Crippen LogP contribution < -0.4 is 5.73 Å². The molecule has 0 bridgehead atoms. The quantitative estimate of drug-likeness (QED) is 0.747. The van der Waals surface area contributed by atoms with Crippen LogP contribution in [0.3, 0.4) is 0 Å². The van der Waals surface area contributed by atoms with Gasteiger partial charge in [-0.05, 0) is 37.8 Å². The molecule has 1 aromatic carbocycles. The molecule has 0 aliphatic carbocycles. The van der Waals surface area contributed by atoms with E-state index in [9.17, 15) is 8.78 Å². The Balaban J connectivity index is 2.37. The van der Waals surface area contributed by atoms with Crippen LogP contribution in [-0.2, 0) is 11.2 Å². The lowest BCUT2D eigenvalue weighted by molar-refractivity contribution is 0.142. The van der Waals surface area contributed by atoms with E-state index in [1.165, 1.54) is 12.1 Å². The molecule has 0 spiro atoms. The van der Waals surface area contributed by atoms with E-state index in [1.54, 1.807) is 0 Å². The average Bonchev–Trinajstić information content (AvgIpc) is 2.28. The van der Waals surface area contributed by atoms with E-state index in [0.717, 1.165) is 18.9 Å². The molecule has 17 heavy (non-hydrogen) atoms. The minimum absolute atomic E-state index is 0.115. The van der Waals surface area contributed by atoms with Gasteiger partial charge in [-0.2, -0.15) is 0 Å². The second-order valence-corrected chi connectivity index (χ2v) is 4.04. The summed E-state index contributed by atoms with van der Waals surface area (Å²) in [5, 5.41) is 0. The van der Waals surface area contributed by atoms with Crippen LogP contribution in [0.1, 0.15) is 25.3 Å². The Morgan fingerprint density at radius 2 is 2.12 bits per heavy atom. The molecule has 1 rings (SSSR count). The summed E-state index contributed by atoms with van der Waals surface area (Å²) in [7, 11) is 0. The first-order valence-electron chi connectivity index (χ1n) is 5.90. The number of ether oxygens (including phenoxy) is 1. The number of hydrogen-bond donors (Lipinski definition) is 1. The fourth-order valence-corrected chi connectivity index (χ4v) is 1.66. The lowest BCUT2D eigenvalue weighted by Gasteiger charge is -2.12. The second-order valence-electron chi connectivity index (χ2n) is 4.04. The van der Waals surface area contributed by atoms with Crippen LogP contribution >= 0.6 is 0 Å². The van der Waals surface area contributed by atoms with Crippen molar-refractivity contribution in [1.82, 2.24) is 0 Å². The van der Waals surface area contributed by atoms with Crippen LogP contribution in [0.15, 0.2) is 18.2 Å². The molecule has 0 radical (unpaired) electrons. The van der Waals surface area contributed by atoms with Gasteiger partial charge in [0.2, 0.25) is 0 Å². The van der Waals surface area contributed by atoms with Crippen LogP contribution in [0.2, 0.25) is 0 Å². The van der Waals surface area contributed by atoms with Gasteiger partial charge in [-0.25, -0.2) is 8.78 Å². The Hall–Kier alpha value is -1.00. The van der Waals surface area contributed by atoms with Crippen molar-refractivity contribution >= 4 is 0 Å². The van der Waals surface area contributed by atoms with Gasteiger partial charge in [-0.1, -0.05) is 6.07 Å². The molecule has 96 valence electrons. The van der Waals surface area contributed by atoms with Crippen LogP contribution in [-0.4, -0.2) is 19.3 Å². The summed E-state index contributed by atoms with van der Waals surface area (Å²) in [5.74, 6) is -1.08. The summed E-state index contributed by atoms with van der Waals surface area (Å²) in [6.07, 6.45) is 2.06. The minimum Gasteiger partial charge on any atom is -0.382 e. The molecule has 1 unspecified atom stereocenters. The van der Waals surface area contributed by atoms with Crippen molar-refractivity contribution in [3.63, 3.8) is 0 Å². The lowest BCUT2D eigenvalue weighted by atomic mass is 10.0. The molecule has 0 heterocycles. The normalized spacial score (nSPS) is 12.7. The van der Waals surface area contributed by atoms with Gasteiger partial charge in [0.25, 0.3) is 0 Å². The van der Waals surface area contributed by atoms with E-state index in [0.29, 0.717) is 25.2 Å². The van der Waals surface area contributed by atoms with Crippen LogP contribution in [0, 0.1) is 11.6 Å². The summed E-state index contributed by atoms with van der Waals surface area (Å²) >= 11 is 0. The Morgan fingerprint density at radius 3 is 2.76 bits per heavy atom. The van der Waals surface area contributed by atoms with Gasteiger partial charge in [0.1, 0.15) is 11.6 Å². The lowest BCUT2D eigenvalue weighted by Crippen LogP contribution is -2.23. The number of rotatable bonds is 7. The van der Waals surface area contributed by atoms with Gasteiger partial charge >= 0.3 is 0 Å². The van der Waals surface area contributed by atoms with E-state index < -0.39 is 11.6 Å². The monoisotopic (exact) mass is 243 g/mol. The van der Waals surface area contributed by atoms with Crippen molar-refractivity contribution in [2.24, 2.45) is 5.73 Å². The van der Waals surface area contributed by atoms with Gasteiger partial charge in [0.15, 0.2) is 0 Å². The first-order valence-corrected chi connectivity index (χ1v) is 5.90. The largest absolute Gasteiger partial charge is 0.382 e. The zero-order valence-electron chi connectivity index (χ0n) is 10.1. The first kappa shape index (κ1) is 14.1. The third-order valence-corrected chi connectivity index (χ3v) is 2.56. The van der Waals surface area contributed by atoms with E-state index in [-0.39, 0.29) is 6.04 Å². The third-order valence-electron chi connectivity index (χ3n) is 2.56. The fraction of sp³-hybridized carbons (Fsp3) is 0.538. The van der Waals surface area contributed by atoms with Crippen molar-refractivity contribution in [2.45, 2.75) is 32.2 Å². The second kappa shape index (κ2) is 7.35. The molecule has 0 aliphatic rings.